The maximum Gasteiger partial charge on any atom is 0.407 e. The third-order valence-electron chi connectivity index (χ3n) is 7.64. The molecule has 34 heavy (non-hydrogen) atoms. The third kappa shape index (κ3) is 4.65. The predicted molar refractivity (Wildman–Crippen MR) is 126 cm³/mol. The van der Waals surface area contributed by atoms with Crippen molar-refractivity contribution in [1.29, 1.82) is 0 Å². The Kier molecular flexibility index (Phi) is 6.26. The summed E-state index contributed by atoms with van der Waals surface area (Å²) in [7, 11) is 0. The molecule has 2 aromatic rings. The number of hydrogen-bond acceptors (Lipinski definition) is 4. The number of nitrogens with one attached hydrogen (secondary N) is 2. The average Bonchev–Trinajstić information content (AvgIpc) is 3.40. The van der Waals surface area contributed by atoms with E-state index in [-0.39, 0.29) is 12.5 Å². The number of carbonyl (C=O) groups excluding carboxylic acids is 2. The molecule has 3 aliphatic rings. The molecule has 2 aromatic carbocycles. The number of ether oxygens (including phenoxy) is 1. The summed E-state index contributed by atoms with van der Waals surface area (Å²) in [6.45, 7) is 0.598. The van der Waals surface area contributed by atoms with E-state index in [1.165, 1.54) is 19.3 Å². The second-order valence-corrected chi connectivity index (χ2v) is 9.70. The Bertz CT molecular complexity index is 1050. The number of carbonyl (C=O) groups is 3. The first-order valence-electron chi connectivity index (χ1n) is 12.1. The fourth-order valence-corrected chi connectivity index (χ4v) is 5.85. The lowest BCUT2D eigenvalue weighted by Crippen LogP contribution is -2.48. The molecule has 2 amide bonds. The van der Waals surface area contributed by atoms with Crippen LogP contribution in [0.2, 0.25) is 0 Å². The number of carboxylic acids is 1. The van der Waals surface area contributed by atoms with E-state index in [2.05, 4.69) is 22.8 Å². The predicted octanol–water partition coefficient (Wildman–Crippen LogP) is 3.92. The van der Waals surface area contributed by atoms with Crippen LogP contribution < -0.4 is 10.6 Å². The minimum Gasteiger partial charge on any atom is -0.481 e. The van der Waals surface area contributed by atoms with Gasteiger partial charge in [-0.05, 0) is 65.7 Å². The standard InChI is InChI=1S/C27H30N2O5/c30-25(31)14-24(26(32)28-12-11-16-9-10-17-13-22(16)17)29-27(33)34-15-23-20-7-3-1-5-18(20)19-6-2-4-8-21(19)23/h1-8,16-17,22-24H,9-15H2,(H,28,32)(H,29,33)(H,30,31). The van der Waals surface area contributed by atoms with Gasteiger partial charge in [-0.15, -0.1) is 0 Å². The van der Waals surface area contributed by atoms with E-state index < -0.39 is 30.4 Å². The van der Waals surface area contributed by atoms with Crippen LogP contribution in [0.25, 0.3) is 11.1 Å². The number of aliphatic carboxylic acids is 1. The zero-order valence-corrected chi connectivity index (χ0v) is 19.0. The molecule has 0 bridgehead atoms. The summed E-state index contributed by atoms with van der Waals surface area (Å²) >= 11 is 0. The van der Waals surface area contributed by atoms with Crippen LogP contribution in [0.1, 0.15) is 49.1 Å². The van der Waals surface area contributed by atoms with E-state index in [0.29, 0.717) is 12.5 Å². The lowest BCUT2D eigenvalue weighted by Gasteiger charge is -2.19. The zero-order chi connectivity index (χ0) is 23.7. The van der Waals surface area contributed by atoms with Crippen LogP contribution in [0.4, 0.5) is 4.79 Å². The van der Waals surface area contributed by atoms with E-state index in [4.69, 9.17) is 4.74 Å². The van der Waals surface area contributed by atoms with Crippen molar-refractivity contribution in [3.05, 3.63) is 59.7 Å². The molecule has 0 radical (unpaired) electrons. The molecule has 7 nitrogen and oxygen atoms in total. The van der Waals surface area contributed by atoms with Crippen LogP contribution in [0, 0.1) is 17.8 Å². The molecular weight excluding hydrogens is 432 g/mol. The quantitative estimate of drug-likeness (QED) is 0.524. The monoisotopic (exact) mass is 462 g/mol. The highest BCUT2D eigenvalue weighted by molar-refractivity contribution is 5.89. The van der Waals surface area contributed by atoms with E-state index in [1.807, 2.05) is 36.4 Å². The first kappa shape index (κ1) is 22.4. The first-order valence-corrected chi connectivity index (χ1v) is 12.1. The Morgan fingerprint density at radius 2 is 1.68 bits per heavy atom. The summed E-state index contributed by atoms with van der Waals surface area (Å²) in [5.74, 6) is 0.596. The molecule has 0 aliphatic heterocycles. The second kappa shape index (κ2) is 9.49. The Morgan fingerprint density at radius 3 is 2.26 bits per heavy atom. The fourth-order valence-electron chi connectivity index (χ4n) is 5.85. The third-order valence-corrected chi connectivity index (χ3v) is 7.64. The summed E-state index contributed by atoms with van der Waals surface area (Å²) in [5.41, 5.74) is 4.41. The van der Waals surface area contributed by atoms with Crippen molar-refractivity contribution < 1.29 is 24.2 Å². The van der Waals surface area contributed by atoms with Gasteiger partial charge in [0.15, 0.2) is 0 Å². The van der Waals surface area contributed by atoms with Gasteiger partial charge in [-0.3, -0.25) is 9.59 Å². The maximum atomic E-state index is 12.6. The summed E-state index contributed by atoms with van der Waals surface area (Å²) in [5, 5.41) is 14.5. The number of rotatable bonds is 9. The highest BCUT2D eigenvalue weighted by Gasteiger charge is 2.47. The maximum absolute atomic E-state index is 12.6. The molecule has 0 heterocycles. The van der Waals surface area contributed by atoms with Crippen LogP contribution in [-0.2, 0) is 14.3 Å². The normalized spacial score (nSPS) is 22.8. The molecule has 2 saturated carbocycles. The fraction of sp³-hybridized carbons (Fsp3) is 0.444. The van der Waals surface area contributed by atoms with Crippen molar-refractivity contribution in [3.8, 4) is 11.1 Å². The van der Waals surface area contributed by atoms with Gasteiger partial charge in [0.05, 0.1) is 6.42 Å². The molecular formula is C27H30N2O5. The second-order valence-electron chi connectivity index (χ2n) is 9.70. The summed E-state index contributed by atoms with van der Waals surface area (Å²) in [6.07, 6.45) is 3.42. The van der Waals surface area contributed by atoms with Gasteiger partial charge >= 0.3 is 12.1 Å². The lowest BCUT2D eigenvalue weighted by molar-refractivity contribution is -0.139. The Labute approximate surface area is 198 Å². The minimum absolute atomic E-state index is 0.103. The average molecular weight is 463 g/mol. The highest BCUT2D eigenvalue weighted by atomic mass is 16.5. The van der Waals surface area contributed by atoms with Crippen LogP contribution in [0.3, 0.4) is 0 Å². The number of amides is 2. The van der Waals surface area contributed by atoms with E-state index in [9.17, 15) is 19.5 Å². The van der Waals surface area contributed by atoms with E-state index >= 15 is 0 Å². The minimum atomic E-state index is -1.18. The summed E-state index contributed by atoms with van der Waals surface area (Å²) in [6, 6.07) is 14.9. The highest BCUT2D eigenvalue weighted by Crippen LogP contribution is 2.56. The molecule has 3 N–H and O–H groups in total. The van der Waals surface area contributed by atoms with Crippen LogP contribution in [0.15, 0.2) is 48.5 Å². The Hall–Kier alpha value is -3.35. The molecule has 4 unspecified atom stereocenters. The Balaban J connectivity index is 1.16. The largest absolute Gasteiger partial charge is 0.481 e. The zero-order valence-electron chi connectivity index (χ0n) is 19.0. The number of fused-ring (bicyclic) bond motifs is 4. The van der Waals surface area contributed by atoms with Gasteiger partial charge in [-0.2, -0.15) is 0 Å². The van der Waals surface area contributed by atoms with Crippen LogP contribution in [0.5, 0.6) is 0 Å². The van der Waals surface area contributed by atoms with Crippen molar-refractivity contribution in [2.75, 3.05) is 13.2 Å². The molecule has 5 rings (SSSR count). The van der Waals surface area contributed by atoms with Crippen LogP contribution in [-0.4, -0.2) is 42.3 Å². The van der Waals surface area contributed by atoms with Gasteiger partial charge in [0.2, 0.25) is 5.91 Å². The SMILES string of the molecule is O=C(O)CC(NC(=O)OCC1c2ccccc2-c2ccccc21)C(=O)NCCC1CCC2CC12. The van der Waals surface area contributed by atoms with Gasteiger partial charge in [0.1, 0.15) is 12.6 Å². The van der Waals surface area contributed by atoms with Crippen molar-refractivity contribution in [3.63, 3.8) is 0 Å². The molecule has 0 spiro atoms. The van der Waals surface area contributed by atoms with E-state index in [1.54, 1.807) is 0 Å². The van der Waals surface area contributed by atoms with Gasteiger partial charge in [0.25, 0.3) is 0 Å². The van der Waals surface area contributed by atoms with Crippen molar-refractivity contribution >= 4 is 18.0 Å². The molecule has 3 aliphatic carbocycles. The summed E-state index contributed by atoms with van der Waals surface area (Å²) in [4.78, 5) is 36.5. The number of alkyl carbamates (subject to hydrolysis) is 1. The molecule has 0 saturated heterocycles. The topological polar surface area (TPSA) is 105 Å². The molecule has 2 fully saturated rings. The number of benzene rings is 2. The molecule has 4 atom stereocenters. The lowest BCUT2D eigenvalue weighted by atomic mass is 9.98. The van der Waals surface area contributed by atoms with Gasteiger partial charge < -0.3 is 20.5 Å². The molecule has 178 valence electrons. The smallest absolute Gasteiger partial charge is 0.407 e. The van der Waals surface area contributed by atoms with Crippen molar-refractivity contribution in [1.82, 2.24) is 10.6 Å². The van der Waals surface area contributed by atoms with Gasteiger partial charge in [-0.1, -0.05) is 48.5 Å². The number of carboxylic acid groups (broad SMARTS) is 1. The van der Waals surface area contributed by atoms with E-state index in [0.717, 1.165) is 40.5 Å². The first-order chi connectivity index (χ1) is 16.5. The van der Waals surface area contributed by atoms with Gasteiger partial charge in [0, 0.05) is 12.5 Å². The number of hydrogen-bond donors (Lipinski definition) is 3. The molecule has 7 heteroatoms. The van der Waals surface area contributed by atoms with Crippen molar-refractivity contribution in [2.24, 2.45) is 17.8 Å². The van der Waals surface area contributed by atoms with Crippen LogP contribution >= 0.6 is 0 Å². The Morgan fingerprint density at radius 1 is 1.00 bits per heavy atom. The summed E-state index contributed by atoms with van der Waals surface area (Å²) < 4.78 is 5.48. The molecule has 0 aromatic heterocycles. The van der Waals surface area contributed by atoms with Crippen molar-refractivity contribution in [2.45, 2.75) is 44.1 Å². The van der Waals surface area contributed by atoms with Gasteiger partial charge in [-0.25, -0.2) is 4.79 Å².